The molecule has 0 spiro atoms. The molecule has 79 heavy (non-hydrogen) atoms. The summed E-state index contributed by atoms with van der Waals surface area (Å²) in [5.41, 5.74) is 6.73. The molecule has 0 unspecified atom stereocenters. The number of benzene rings is 4. The normalized spacial score (nSPS) is 17.9. The summed E-state index contributed by atoms with van der Waals surface area (Å²) in [6, 6.07) is 32.1. The number of rotatable bonds is 14. The van der Waals surface area contributed by atoms with Crippen molar-refractivity contribution in [3.05, 3.63) is 170 Å². The first kappa shape index (κ1) is 56.7. The Morgan fingerprint density at radius 1 is 0.911 bits per heavy atom. The van der Waals surface area contributed by atoms with Gasteiger partial charge in [0.2, 0.25) is 17.1 Å². The van der Waals surface area contributed by atoms with Gasteiger partial charge in [-0.3, -0.25) is 9.59 Å². The molecule has 7 heterocycles. The van der Waals surface area contributed by atoms with Gasteiger partial charge in [-0.2, -0.15) is 0 Å². The Morgan fingerprint density at radius 2 is 1.61 bits per heavy atom. The largest absolute Gasteiger partial charge is 0.491 e. The Bertz CT molecular complexity index is 3220. The third kappa shape index (κ3) is 13.5. The minimum atomic E-state index is -1.33. The van der Waals surface area contributed by atoms with Gasteiger partial charge in [-0.25, -0.2) is 19.2 Å². The third-order valence-corrected chi connectivity index (χ3v) is 15.1. The summed E-state index contributed by atoms with van der Waals surface area (Å²) in [5, 5.41) is 16.6. The van der Waals surface area contributed by atoms with Crippen LogP contribution in [0.2, 0.25) is 10.0 Å². The van der Waals surface area contributed by atoms with Crippen molar-refractivity contribution >= 4 is 69.0 Å². The van der Waals surface area contributed by atoms with E-state index >= 15 is 0 Å². The van der Waals surface area contributed by atoms with Crippen LogP contribution < -0.4 is 35.5 Å². The molecule has 3 saturated heterocycles. The van der Waals surface area contributed by atoms with Crippen molar-refractivity contribution in [1.82, 2.24) is 34.6 Å². The van der Waals surface area contributed by atoms with E-state index in [1.54, 1.807) is 36.1 Å². The lowest BCUT2D eigenvalue weighted by Crippen LogP contribution is -2.48. The number of carboxylic acid groups (broad SMARTS) is 1. The molecule has 3 fully saturated rings. The van der Waals surface area contributed by atoms with E-state index in [0.717, 1.165) is 89.1 Å². The fourth-order valence-electron chi connectivity index (χ4n) is 10.4. The van der Waals surface area contributed by atoms with E-state index < -0.39 is 23.0 Å². The number of para-hydroxylation sites is 2. The van der Waals surface area contributed by atoms with Crippen LogP contribution in [0.1, 0.15) is 47.3 Å². The highest BCUT2D eigenvalue weighted by molar-refractivity contribution is 6.35. The zero-order chi connectivity index (χ0) is 55.5. The van der Waals surface area contributed by atoms with Crippen molar-refractivity contribution in [1.29, 1.82) is 0 Å². The standard InChI is InChI=1S/C26H28Cl2N4O4.C18H22N2.C15H17FN4O3/c1-19(33)31-10-12-32(13-11-31)21-3-5-22(6-4-21)34-15-23-16-35-26(36-23,17-30-9-8-29-18-30)24-7-2-20(27)14-25(24)28;1-19-13-6-14-20-17-9-4-2-7-15(17)11-12-16-8-3-5-10-18(16)20;1-2-19-8-10(15(22)23)12(21)9-7-11(16)14(18-13(9)19)20-5-3-17-4-6-20/h2-9,14,18,23H,10-13,15-17H2,1H3;2-5,7-10,19H,6,11-14H2,1H3;7-8,17H,2-6H2,1H3,(H,22,23)/t23-,26-;;/m0../s1. The van der Waals surface area contributed by atoms with Crippen LogP contribution in [0.5, 0.6) is 5.75 Å². The maximum absolute atomic E-state index is 14.4. The second-order valence-electron chi connectivity index (χ2n) is 19.7. The van der Waals surface area contributed by atoms with E-state index in [1.165, 1.54) is 28.7 Å². The number of aromatic nitrogens is 4. The second kappa shape index (κ2) is 26.3. The highest BCUT2D eigenvalue weighted by Crippen LogP contribution is 2.41. The Kier molecular flexibility index (Phi) is 18.8. The molecule has 4 aromatic carbocycles. The number of halogens is 3. The van der Waals surface area contributed by atoms with Crippen molar-refractivity contribution in [2.45, 2.75) is 58.1 Å². The number of carboxylic acids is 1. The van der Waals surface area contributed by atoms with E-state index in [2.05, 4.69) is 78.9 Å². The second-order valence-corrected chi connectivity index (χ2v) is 20.5. The molecule has 17 nitrogen and oxygen atoms in total. The number of aromatic carboxylic acids is 1. The first-order valence-corrected chi connectivity index (χ1v) is 27.6. The van der Waals surface area contributed by atoms with Crippen molar-refractivity contribution < 1.29 is 33.3 Å². The van der Waals surface area contributed by atoms with Gasteiger partial charge in [0, 0.05) is 119 Å². The molecule has 3 aromatic heterocycles. The van der Waals surface area contributed by atoms with Crippen LogP contribution in [0.3, 0.4) is 0 Å². The minimum Gasteiger partial charge on any atom is -0.491 e. The van der Waals surface area contributed by atoms with Gasteiger partial charge >= 0.3 is 5.97 Å². The van der Waals surface area contributed by atoms with E-state index in [-0.39, 0.29) is 28.8 Å². The van der Waals surface area contributed by atoms with Gasteiger partial charge in [-0.1, -0.05) is 65.7 Å². The lowest BCUT2D eigenvalue weighted by Gasteiger charge is -2.35. The van der Waals surface area contributed by atoms with Crippen LogP contribution in [0, 0.1) is 5.82 Å². The van der Waals surface area contributed by atoms with Crippen LogP contribution in [0.15, 0.2) is 127 Å². The number of ether oxygens (including phenoxy) is 3. The molecule has 0 radical (unpaired) electrons. The number of nitrogens with one attached hydrogen (secondary N) is 2. The molecule has 4 aliphatic heterocycles. The van der Waals surface area contributed by atoms with Crippen LogP contribution >= 0.6 is 23.2 Å². The van der Waals surface area contributed by atoms with Crippen molar-refractivity contribution in [2.75, 3.05) is 100 Å². The molecule has 7 aromatic rings. The number of pyridine rings is 2. The summed E-state index contributed by atoms with van der Waals surface area (Å²) in [6.45, 7) is 12.9. The molecule has 0 saturated carbocycles. The van der Waals surface area contributed by atoms with Gasteiger partial charge in [-0.15, -0.1) is 0 Å². The van der Waals surface area contributed by atoms with Crippen molar-refractivity contribution in [3.8, 4) is 5.75 Å². The van der Waals surface area contributed by atoms with Gasteiger partial charge in [0.05, 0.1) is 29.9 Å². The molecule has 1 amide bonds. The number of amides is 1. The SMILES string of the molecule is CC(=O)N1CCN(c2ccc(OC[C@H]3CO[C@](Cn4ccnc4)(c4ccc(Cl)cc4Cl)O3)cc2)CC1.CCn1cc(C(=O)O)c(=O)c2cc(F)c(N3CCNCC3)nc21.CNCCCN1c2ccccc2CCc2ccccc21. The Labute approximate surface area is 469 Å². The topological polar surface area (TPSA) is 172 Å². The van der Waals surface area contributed by atoms with Crippen LogP contribution in [-0.4, -0.2) is 133 Å². The summed E-state index contributed by atoms with van der Waals surface area (Å²) < 4.78 is 36.6. The van der Waals surface area contributed by atoms with Crippen LogP contribution in [0.4, 0.5) is 27.3 Å². The van der Waals surface area contributed by atoms with E-state index in [9.17, 15) is 18.8 Å². The first-order chi connectivity index (χ1) is 38.3. The van der Waals surface area contributed by atoms with Crippen LogP contribution in [-0.2, 0) is 46.0 Å². The lowest BCUT2D eigenvalue weighted by atomic mass is 10.0. The molecular formula is C59H67Cl2FN10O7. The van der Waals surface area contributed by atoms with E-state index in [4.69, 9.17) is 42.5 Å². The maximum atomic E-state index is 14.4. The fourth-order valence-corrected chi connectivity index (χ4v) is 10.9. The average molecular weight is 1120 g/mol. The van der Waals surface area contributed by atoms with Crippen LogP contribution in [0.25, 0.3) is 11.0 Å². The number of carbonyl (C=O) groups is 2. The fraction of sp³-hybridized carbons (Fsp3) is 0.373. The van der Waals surface area contributed by atoms with Crippen molar-refractivity contribution in [2.24, 2.45) is 0 Å². The van der Waals surface area contributed by atoms with Gasteiger partial charge in [0.1, 0.15) is 29.7 Å². The number of carbonyl (C=O) groups excluding carboxylic acids is 1. The van der Waals surface area contributed by atoms with Gasteiger partial charge in [0.15, 0.2) is 11.6 Å². The molecule has 2 atom stereocenters. The number of aryl methyl sites for hydroxylation is 3. The predicted octanol–water partition coefficient (Wildman–Crippen LogP) is 8.40. The molecular weight excluding hydrogens is 1050 g/mol. The highest BCUT2D eigenvalue weighted by Gasteiger charge is 2.45. The summed E-state index contributed by atoms with van der Waals surface area (Å²) in [7, 11) is 2.02. The Morgan fingerprint density at radius 3 is 2.23 bits per heavy atom. The summed E-state index contributed by atoms with van der Waals surface area (Å²) in [4.78, 5) is 51.9. The van der Waals surface area contributed by atoms with Gasteiger partial charge in [-0.05, 0) is 106 Å². The van der Waals surface area contributed by atoms with E-state index in [1.807, 2.05) is 64.9 Å². The van der Waals surface area contributed by atoms with E-state index in [0.29, 0.717) is 60.6 Å². The van der Waals surface area contributed by atoms with Gasteiger partial charge in [0.25, 0.3) is 0 Å². The monoisotopic (exact) mass is 1120 g/mol. The highest BCUT2D eigenvalue weighted by atomic mass is 35.5. The number of hydrogen-bond acceptors (Lipinski definition) is 13. The summed E-state index contributed by atoms with van der Waals surface area (Å²) >= 11 is 12.7. The van der Waals surface area contributed by atoms with Gasteiger partial charge < -0.3 is 58.7 Å². The lowest BCUT2D eigenvalue weighted by molar-refractivity contribution is -0.189. The first-order valence-electron chi connectivity index (χ1n) is 26.8. The quantitative estimate of drug-likeness (QED) is 0.0887. The number of anilines is 4. The molecule has 3 N–H and O–H groups in total. The molecule has 0 aliphatic carbocycles. The zero-order valence-corrected chi connectivity index (χ0v) is 46.3. The summed E-state index contributed by atoms with van der Waals surface area (Å²) in [6.07, 6.45) is 9.66. The average Bonchev–Trinajstić information content (AvgIpc) is 4.27. The predicted molar refractivity (Wildman–Crippen MR) is 307 cm³/mol. The number of nitrogens with zero attached hydrogens (tertiary/aromatic N) is 8. The molecule has 416 valence electrons. The summed E-state index contributed by atoms with van der Waals surface area (Å²) in [5.74, 6) is -1.94. The Balaban J connectivity index is 0.000000152. The number of piperazine rings is 2. The molecule has 20 heteroatoms. The maximum Gasteiger partial charge on any atom is 0.341 e. The van der Waals surface area contributed by atoms with Crippen molar-refractivity contribution in [3.63, 3.8) is 0 Å². The number of fused-ring (bicyclic) bond motifs is 3. The molecule has 0 bridgehead atoms. The third-order valence-electron chi connectivity index (χ3n) is 14.5. The minimum absolute atomic E-state index is 0.0110. The zero-order valence-electron chi connectivity index (χ0n) is 44.8. The molecule has 4 aliphatic rings. The molecule has 11 rings (SSSR count). The number of hydrogen-bond donors (Lipinski definition) is 3. The smallest absolute Gasteiger partial charge is 0.341 e. The Hall–Kier alpha value is -7.06. The number of imidazole rings is 1.